The van der Waals surface area contributed by atoms with Crippen molar-refractivity contribution >= 4 is 11.6 Å². The highest BCUT2D eigenvalue weighted by Crippen LogP contribution is 2.42. The van der Waals surface area contributed by atoms with Gasteiger partial charge in [0.15, 0.2) is 0 Å². The van der Waals surface area contributed by atoms with Crippen LogP contribution in [0.1, 0.15) is 26.7 Å². The standard InChI is InChI=1S/C10H17ClN2/c1-10(2)4-9(5-10)13(3)7-8(11)6-12/h8-9H,4-5,7H2,1-3H3. The second-order valence-corrected chi connectivity index (χ2v) is 5.29. The molecule has 0 N–H and O–H groups in total. The molecule has 0 amide bonds. The van der Waals surface area contributed by atoms with Crippen molar-refractivity contribution in [2.45, 2.75) is 38.1 Å². The zero-order valence-electron chi connectivity index (χ0n) is 8.55. The fourth-order valence-corrected chi connectivity index (χ4v) is 2.19. The maximum Gasteiger partial charge on any atom is 0.133 e. The van der Waals surface area contributed by atoms with Gasteiger partial charge in [-0.2, -0.15) is 5.26 Å². The first-order valence-electron chi connectivity index (χ1n) is 4.68. The molecule has 0 aliphatic heterocycles. The number of nitrogens with zero attached hydrogens (tertiary/aromatic N) is 2. The van der Waals surface area contributed by atoms with Crippen LogP contribution in [0.2, 0.25) is 0 Å². The van der Waals surface area contributed by atoms with Crippen molar-refractivity contribution in [3.8, 4) is 6.07 Å². The fourth-order valence-electron chi connectivity index (χ4n) is 1.97. The molecule has 1 rings (SSSR count). The summed E-state index contributed by atoms with van der Waals surface area (Å²) in [6.07, 6.45) is 2.44. The molecule has 0 aromatic heterocycles. The summed E-state index contributed by atoms with van der Waals surface area (Å²) >= 11 is 5.75. The Hall–Kier alpha value is -0.260. The number of hydrogen-bond acceptors (Lipinski definition) is 2. The van der Waals surface area contributed by atoms with E-state index in [1.165, 1.54) is 12.8 Å². The topological polar surface area (TPSA) is 27.0 Å². The first kappa shape index (κ1) is 10.8. The predicted molar refractivity (Wildman–Crippen MR) is 54.7 cm³/mol. The zero-order chi connectivity index (χ0) is 10.1. The summed E-state index contributed by atoms with van der Waals surface area (Å²) in [5.41, 5.74) is 0.493. The molecule has 0 bridgehead atoms. The molecule has 0 heterocycles. The van der Waals surface area contributed by atoms with Crippen LogP contribution in [0.5, 0.6) is 0 Å². The van der Waals surface area contributed by atoms with Crippen LogP contribution >= 0.6 is 11.6 Å². The summed E-state index contributed by atoms with van der Waals surface area (Å²) in [7, 11) is 2.05. The molecule has 0 saturated heterocycles. The molecule has 13 heavy (non-hydrogen) atoms. The molecule has 0 aromatic rings. The SMILES string of the molecule is CN(CC(Cl)C#N)C1CC(C)(C)C1. The summed E-state index contributed by atoms with van der Waals surface area (Å²) in [5.74, 6) is 0. The molecule has 1 aliphatic rings. The van der Waals surface area contributed by atoms with E-state index in [0.29, 0.717) is 18.0 Å². The van der Waals surface area contributed by atoms with Gasteiger partial charge in [-0.25, -0.2) is 0 Å². The van der Waals surface area contributed by atoms with Crippen LogP contribution in [0.25, 0.3) is 0 Å². The van der Waals surface area contributed by atoms with Crippen LogP contribution < -0.4 is 0 Å². The van der Waals surface area contributed by atoms with E-state index in [0.717, 1.165) is 0 Å². The Morgan fingerprint density at radius 1 is 1.62 bits per heavy atom. The molecule has 1 saturated carbocycles. The normalized spacial score (nSPS) is 23.7. The Bertz CT molecular complexity index is 211. The number of halogens is 1. The van der Waals surface area contributed by atoms with E-state index in [4.69, 9.17) is 16.9 Å². The van der Waals surface area contributed by atoms with Crippen molar-refractivity contribution < 1.29 is 0 Å². The van der Waals surface area contributed by atoms with Gasteiger partial charge < -0.3 is 4.90 Å². The van der Waals surface area contributed by atoms with Gasteiger partial charge >= 0.3 is 0 Å². The maximum absolute atomic E-state index is 8.55. The van der Waals surface area contributed by atoms with Crippen LogP contribution in [0.4, 0.5) is 0 Å². The molecule has 0 aromatic carbocycles. The minimum atomic E-state index is -0.367. The lowest BCUT2D eigenvalue weighted by Gasteiger charge is -2.47. The van der Waals surface area contributed by atoms with Crippen LogP contribution in [-0.2, 0) is 0 Å². The smallest absolute Gasteiger partial charge is 0.133 e. The van der Waals surface area contributed by atoms with Gasteiger partial charge in [0.05, 0.1) is 6.07 Å². The Labute approximate surface area is 85.5 Å². The van der Waals surface area contributed by atoms with Crippen LogP contribution in [-0.4, -0.2) is 29.9 Å². The molecule has 2 nitrogen and oxygen atoms in total. The molecular formula is C10H17ClN2. The van der Waals surface area contributed by atoms with Gasteiger partial charge in [0, 0.05) is 12.6 Å². The Balaban J connectivity index is 2.28. The lowest BCUT2D eigenvalue weighted by Crippen LogP contribution is -2.48. The van der Waals surface area contributed by atoms with E-state index in [9.17, 15) is 0 Å². The van der Waals surface area contributed by atoms with E-state index in [2.05, 4.69) is 18.7 Å². The van der Waals surface area contributed by atoms with Crippen LogP contribution in [0.15, 0.2) is 0 Å². The van der Waals surface area contributed by atoms with E-state index in [1.54, 1.807) is 0 Å². The molecular weight excluding hydrogens is 184 g/mol. The third-order valence-corrected chi connectivity index (χ3v) is 3.02. The largest absolute Gasteiger partial charge is 0.301 e. The van der Waals surface area contributed by atoms with Crippen molar-refractivity contribution in [1.82, 2.24) is 4.90 Å². The van der Waals surface area contributed by atoms with E-state index >= 15 is 0 Å². The number of hydrogen-bond donors (Lipinski definition) is 0. The molecule has 0 spiro atoms. The quantitative estimate of drug-likeness (QED) is 0.654. The van der Waals surface area contributed by atoms with E-state index in [-0.39, 0.29) is 5.38 Å². The highest BCUT2D eigenvalue weighted by Gasteiger charge is 2.38. The Morgan fingerprint density at radius 3 is 2.54 bits per heavy atom. The lowest BCUT2D eigenvalue weighted by molar-refractivity contribution is 0.0435. The highest BCUT2D eigenvalue weighted by atomic mass is 35.5. The summed E-state index contributed by atoms with van der Waals surface area (Å²) < 4.78 is 0. The fraction of sp³-hybridized carbons (Fsp3) is 0.900. The van der Waals surface area contributed by atoms with E-state index < -0.39 is 0 Å². The van der Waals surface area contributed by atoms with E-state index in [1.807, 2.05) is 13.1 Å². The zero-order valence-corrected chi connectivity index (χ0v) is 9.30. The monoisotopic (exact) mass is 200 g/mol. The second-order valence-electron chi connectivity index (χ2n) is 4.76. The van der Waals surface area contributed by atoms with Gasteiger partial charge in [-0.3, -0.25) is 0 Å². The lowest BCUT2D eigenvalue weighted by atomic mass is 9.68. The molecule has 3 heteroatoms. The van der Waals surface area contributed by atoms with Crippen LogP contribution in [0, 0.1) is 16.7 Å². The van der Waals surface area contributed by atoms with Gasteiger partial charge in [0.2, 0.25) is 0 Å². The Kier molecular flexibility index (Phi) is 3.21. The van der Waals surface area contributed by atoms with Crippen LogP contribution in [0.3, 0.4) is 0 Å². The van der Waals surface area contributed by atoms with Crippen molar-refractivity contribution in [2.24, 2.45) is 5.41 Å². The molecule has 1 aliphatic carbocycles. The van der Waals surface area contributed by atoms with Crippen molar-refractivity contribution in [3.05, 3.63) is 0 Å². The predicted octanol–water partition coefficient (Wildman–Crippen LogP) is 2.24. The summed E-state index contributed by atoms with van der Waals surface area (Å²) in [5, 5.41) is 8.18. The molecule has 74 valence electrons. The number of nitriles is 1. The highest BCUT2D eigenvalue weighted by molar-refractivity contribution is 6.22. The van der Waals surface area contributed by atoms with Gasteiger partial charge in [-0.15, -0.1) is 11.6 Å². The summed E-state index contributed by atoms with van der Waals surface area (Å²) in [6.45, 7) is 5.23. The van der Waals surface area contributed by atoms with Gasteiger partial charge in [0.25, 0.3) is 0 Å². The van der Waals surface area contributed by atoms with Crippen molar-refractivity contribution in [3.63, 3.8) is 0 Å². The molecule has 1 atom stereocenters. The number of alkyl halides is 1. The van der Waals surface area contributed by atoms with Gasteiger partial charge in [0.1, 0.15) is 5.38 Å². The first-order chi connectivity index (χ1) is 5.94. The molecule has 0 radical (unpaired) electrons. The third-order valence-electron chi connectivity index (χ3n) is 2.79. The summed E-state index contributed by atoms with van der Waals surface area (Å²) in [4.78, 5) is 2.20. The third kappa shape index (κ3) is 2.86. The molecule has 1 fully saturated rings. The Morgan fingerprint density at radius 2 is 2.15 bits per heavy atom. The summed E-state index contributed by atoms with van der Waals surface area (Å²) in [6, 6.07) is 2.67. The van der Waals surface area contributed by atoms with Crippen molar-refractivity contribution in [1.29, 1.82) is 5.26 Å². The van der Waals surface area contributed by atoms with Gasteiger partial charge in [-0.05, 0) is 25.3 Å². The minimum Gasteiger partial charge on any atom is -0.301 e. The molecule has 1 unspecified atom stereocenters. The first-order valence-corrected chi connectivity index (χ1v) is 5.12. The average Bonchev–Trinajstić information content (AvgIpc) is 1.99. The second kappa shape index (κ2) is 3.86. The minimum absolute atomic E-state index is 0.367. The average molecular weight is 201 g/mol. The van der Waals surface area contributed by atoms with Gasteiger partial charge in [-0.1, -0.05) is 13.8 Å². The van der Waals surface area contributed by atoms with Crippen molar-refractivity contribution in [2.75, 3.05) is 13.6 Å². The number of rotatable bonds is 3. The maximum atomic E-state index is 8.55.